The van der Waals surface area contributed by atoms with Gasteiger partial charge in [0.15, 0.2) is 6.61 Å². The SMILES string of the molecule is CC(C)Oc1ccc(CNC(=O)COc2ccccc2C(C)(C)C)cc1. The highest BCUT2D eigenvalue weighted by molar-refractivity contribution is 5.77. The summed E-state index contributed by atoms with van der Waals surface area (Å²) in [6, 6.07) is 15.6. The van der Waals surface area contributed by atoms with Crippen molar-refractivity contribution in [1.82, 2.24) is 5.32 Å². The highest BCUT2D eigenvalue weighted by atomic mass is 16.5. The van der Waals surface area contributed by atoms with E-state index in [4.69, 9.17) is 9.47 Å². The summed E-state index contributed by atoms with van der Waals surface area (Å²) in [5.41, 5.74) is 2.07. The topological polar surface area (TPSA) is 47.6 Å². The Morgan fingerprint density at radius 1 is 1.04 bits per heavy atom. The van der Waals surface area contributed by atoms with Gasteiger partial charge in [0.05, 0.1) is 6.10 Å². The molecule has 0 saturated heterocycles. The van der Waals surface area contributed by atoms with E-state index in [0.29, 0.717) is 6.54 Å². The second-order valence-corrected chi connectivity index (χ2v) is 7.62. The molecule has 1 N–H and O–H groups in total. The molecular formula is C22H29NO3. The van der Waals surface area contributed by atoms with Gasteiger partial charge in [-0.3, -0.25) is 4.79 Å². The van der Waals surface area contributed by atoms with Crippen molar-refractivity contribution >= 4 is 5.91 Å². The van der Waals surface area contributed by atoms with Gasteiger partial charge in [-0.2, -0.15) is 0 Å². The molecule has 0 bridgehead atoms. The summed E-state index contributed by atoms with van der Waals surface area (Å²) < 4.78 is 11.4. The molecule has 1 amide bonds. The van der Waals surface area contributed by atoms with E-state index in [9.17, 15) is 4.79 Å². The quantitative estimate of drug-likeness (QED) is 0.797. The van der Waals surface area contributed by atoms with E-state index in [-0.39, 0.29) is 24.0 Å². The first-order valence-electron chi connectivity index (χ1n) is 9.00. The van der Waals surface area contributed by atoms with Crippen LogP contribution in [-0.2, 0) is 16.8 Å². The predicted octanol–water partition coefficient (Wildman–Crippen LogP) is 4.47. The van der Waals surface area contributed by atoms with Gasteiger partial charge in [-0.1, -0.05) is 51.1 Å². The number of rotatable bonds is 7. The summed E-state index contributed by atoms with van der Waals surface area (Å²) in [7, 11) is 0. The summed E-state index contributed by atoms with van der Waals surface area (Å²) in [5.74, 6) is 1.44. The summed E-state index contributed by atoms with van der Waals surface area (Å²) in [6.45, 7) is 10.8. The van der Waals surface area contributed by atoms with Crippen molar-refractivity contribution in [3.63, 3.8) is 0 Å². The summed E-state index contributed by atoms with van der Waals surface area (Å²) in [6.07, 6.45) is 0.147. The van der Waals surface area contributed by atoms with Crippen LogP contribution >= 0.6 is 0 Å². The van der Waals surface area contributed by atoms with Gasteiger partial charge in [0.1, 0.15) is 11.5 Å². The fourth-order valence-corrected chi connectivity index (χ4v) is 2.57. The smallest absolute Gasteiger partial charge is 0.258 e. The second kappa shape index (κ2) is 8.75. The number of ether oxygens (including phenoxy) is 2. The fraction of sp³-hybridized carbons (Fsp3) is 0.409. The number of benzene rings is 2. The molecule has 0 radical (unpaired) electrons. The molecule has 0 unspecified atom stereocenters. The number of carbonyl (C=O) groups excluding carboxylic acids is 1. The molecule has 2 aromatic carbocycles. The lowest BCUT2D eigenvalue weighted by molar-refractivity contribution is -0.123. The van der Waals surface area contributed by atoms with Gasteiger partial charge < -0.3 is 14.8 Å². The standard InChI is InChI=1S/C22H29NO3/c1-16(2)26-18-12-10-17(11-13-18)14-23-21(24)15-25-20-9-7-6-8-19(20)22(3,4)5/h6-13,16H,14-15H2,1-5H3,(H,23,24). The van der Waals surface area contributed by atoms with E-state index >= 15 is 0 Å². The molecule has 140 valence electrons. The van der Waals surface area contributed by atoms with E-state index < -0.39 is 0 Å². The minimum atomic E-state index is -0.142. The summed E-state index contributed by atoms with van der Waals surface area (Å²) >= 11 is 0. The van der Waals surface area contributed by atoms with Crippen LogP contribution in [0.5, 0.6) is 11.5 Å². The third kappa shape index (κ3) is 6.10. The minimum Gasteiger partial charge on any atom is -0.491 e. The molecule has 2 rings (SSSR count). The van der Waals surface area contributed by atoms with E-state index in [0.717, 1.165) is 22.6 Å². The maximum Gasteiger partial charge on any atom is 0.258 e. The summed E-state index contributed by atoms with van der Waals surface area (Å²) in [5, 5.41) is 2.88. The molecular weight excluding hydrogens is 326 g/mol. The van der Waals surface area contributed by atoms with Gasteiger partial charge in [0.2, 0.25) is 0 Å². The molecule has 26 heavy (non-hydrogen) atoms. The number of para-hydroxylation sites is 1. The first kappa shape index (κ1) is 19.8. The highest BCUT2D eigenvalue weighted by Crippen LogP contribution is 2.30. The van der Waals surface area contributed by atoms with Crippen molar-refractivity contribution in [3.05, 3.63) is 59.7 Å². The Morgan fingerprint density at radius 3 is 2.31 bits per heavy atom. The van der Waals surface area contributed by atoms with Crippen molar-refractivity contribution in [2.24, 2.45) is 0 Å². The van der Waals surface area contributed by atoms with Crippen LogP contribution in [0.4, 0.5) is 0 Å². The average molecular weight is 355 g/mol. The third-order valence-electron chi connectivity index (χ3n) is 3.84. The van der Waals surface area contributed by atoms with E-state index in [2.05, 4.69) is 26.1 Å². The predicted molar refractivity (Wildman–Crippen MR) is 105 cm³/mol. The Hall–Kier alpha value is -2.49. The number of nitrogens with one attached hydrogen (secondary N) is 1. The molecule has 0 fully saturated rings. The van der Waals surface area contributed by atoms with Gasteiger partial charge in [0.25, 0.3) is 5.91 Å². The number of carbonyl (C=O) groups is 1. The Morgan fingerprint density at radius 2 is 1.69 bits per heavy atom. The van der Waals surface area contributed by atoms with Crippen molar-refractivity contribution in [1.29, 1.82) is 0 Å². The third-order valence-corrected chi connectivity index (χ3v) is 3.84. The Labute approximate surface area is 156 Å². The molecule has 4 nitrogen and oxygen atoms in total. The number of hydrogen-bond acceptors (Lipinski definition) is 3. The lowest BCUT2D eigenvalue weighted by Gasteiger charge is -2.22. The van der Waals surface area contributed by atoms with Gasteiger partial charge in [-0.05, 0) is 48.6 Å². The first-order chi connectivity index (χ1) is 12.3. The van der Waals surface area contributed by atoms with Crippen LogP contribution in [0.25, 0.3) is 0 Å². The van der Waals surface area contributed by atoms with Crippen LogP contribution in [0.1, 0.15) is 45.7 Å². The molecule has 0 aliphatic carbocycles. The maximum absolute atomic E-state index is 12.1. The molecule has 2 aromatic rings. The molecule has 0 heterocycles. The maximum atomic E-state index is 12.1. The minimum absolute atomic E-state index is 0.00162. The molecule has 0 atom stereocenters. The fourth-order valence-electron chi connectivity index (χ4n) is 2.57. The zero-order chi connectivity index (χ0) is 19.2. The Kier molecular flexibility index (Phi) is 6.67. The first-order valence-corrected chi connectivity index (χ1v) is 9.00. The van der Waals surface area contributed by atoms with Crippen LogP contribution in [0.3, 0.4) is 0 Å². The second-order valence-electron chi connectivity index (χ2n) is 7.62. The lowest BCUT2D eigenvalue weighted by atomic mass is 9.86. The monoisotopic (exact) mass is 355 g/mol. The van der Waals surface area contributed by atoms with E-state index in [1.54, 1.807) is 0 Å². The molecule has 0 spiro atoms. The zero-order valence-corrected chi connectivity index (χ0v) is 16.3. The molecule has 0 aliphatic heterocycles. The largest absolute Gasteiger partial charge is 0.491 e. The van der Waals surface area contributed by atoms with Gasteiger partial charge >= 0.3 is 0 Å². The van der Waals surface area contributed by atoms with E-state index in [1.165, 1.54) is 0 Å². The molecule has 4 heteroatoms. The lowest BCUT2D eigenvalue weighted by Crippen LogP contribution is -2.29. The van der Waals surface area contributed by atoms with Crippen molar-refractivity contribution < 1.29 is 14.3 Å². The average Bonchev–Trinajstić information content (AvgIpc) is 2.58. The number of hydrogen-bond donors (Lipinski definition) is 1. The molecule has 0 saturated carbocycles. The van der Waals surface area contributed by atoms with Crippen molar-refractivity contribution in [2.75, 3.05) is 6.61 Å². The molecule has 0 aliphatic rings. The van der Waals surface area contributed by atoms with E-state index in [1.807, 2.05) is 62.4 Å². The van der Waals surface area contributed by atoms with Crippen LogP contribution in [-0.4, -0.2) is 18.6 Å². The Bertz CT molecular complexity index is 715. The number of amides is 1. The Balaban J connectivity index is 1.85. The van der Waals surface area contributed by atoms with Crippen molar-refractivity contribution in [3.8, 4) is 11.5 Å². The van der Waals surface area contributed by atoms with Gasteiger partial charge in [0, 0.05) is 6.54 Å². The van der Waals surface area contributed by atoms with Crippen LogP contribution in [0, 0.1) is 0 Å². The van der Waals surface area contributed by atoms with Crippen molar-refractivity contribution in [2.45, 2.75) is 52.7 Å². The van der Waals surface area contributed by atoms with Crippen LogP contribution < -0.4 is 14.8 Å². The zero-order valence-electron chi connectivity index (χ0n) is 16.3. The highest BCUT2D eigenvalue weighted by Gasteiger charge is 2.18. The molecule has 0 aromatic heterocycles. The van der Waals surface area contributed by atoms with Gasteiger partial charge in [-0.15, -0.1) is 0 Å². The summed E-state index contributed by atoms with van der Waals surface area (Å²) in [4.78, 5) is 12.1. The normalized spacial score (nSPS) is 11.3. The van der Waals surface area contributed by atoms with Crippen LogP contribution in [0.15, 0.2) is 48.5 Å². The van der Waals surface area contributed by atoms with Crippen LogP contribution in [0.2, 0.25) is 0 Å². The van der Waals surface area contributed by atoms with Gasteiger partial charge in [-0.25, -0.2) is 0 Å².